The van der Waals surface area contributed by atoms with E-state index in [1.807, 2.05) is 56.3 Å². The van der Waals surface area contributed by atoms with Crippen molar-refractivity contribution in [2.24, 2.45) is 11.8 Å². The Kier molecular flexibility index (Phi) is 6.93. The molecule has 7 heteroatoms. The molecule has 0 saturated carbocycles. The Hall–Kier alpha value is -4.13. The van der Waals surface area contributed by atoms with Gasteiger partial charge in [0.2, 0.25) is 5.91 Å². The van der Waals surface area contributed by atoms with Gasteiger partial charge in [0.15, 0.2) is 11.5 Å². The third-order valence-corrected chi connectivity index (χ3v) is 7.30. The average molecular weight is 515 g/mol. The van der Waals surface area contributed by atoms with Gasteiger partial charge in [0, 0.05) is 24.0 Å². The maximum absolute atomic E-state index is 14.0. The molecule has 0 radical (unpaired) electrons. The number of anilines is 2. The largest absolute Gasteiger partial charge is 0.493 e. The van der Waals surface area contributed by atoms with E-state index in [0.717, 1.165) is 16.9 Å². The quantitative estimate of drug-likeness (QED) is 0.436. The van der Waals surface area contributed by atoms with Crippen LogP contribution in [0.5, 0.6) is 11.5 Å². The third-order valence-electron chi connectivity index (χ3n) is 7.30. The minimum absolute atomic E-state index is 0.00141. The van der Waals surface area contributed by atoms with Crippen molar-refractivity contribution in [1.29, 1.82) is 0 Å². The van der Waals surface area contributed by atoms with Gasteiger partial charge in [0.1, 0.15) is 11.6 Å². The molecule has 3 unspecified atom stereocenters. The third kappa shape index (κ3) is 4.53. The van der Waals surface area contributed by atoms with E-state index in [4.69, 9.17) is 9.47 Å². The molecule has 1 aliphatic heterocycles. The summed E-state index contributed by atoms with van der Waals surface area (Å²) in [6.07, 6.45) is 2.33. The minimum atomic E-state index is -0.646. The number of amides is 1. The zero-order valence-corrected chi connectivity index (χ0v) is 21.9. The lowest BCUT2D eigenvalue weighted by molar-refractivity contribution is -0.124. The molecule has 196 valence electrons. The number of nitrogens with one attached hydrogen (secondary N) is 1. The van der Waals surface area contributed by atoms with Gasteiger partial charge in [-0.25, -0.2) is 4.39 Å². The first-order valence-corrected chi connectivity index (χ1v) is 12.7. The maximum atomic E-state index is 14.0. The summed E-state index contributed by atoms with van der Waals surface area (Å²) < 4.78 is 24.8. The van der Waals surface area contributed by atoms with Crippen LogP contribution < -0.4 is 19.7 Å². The van der Waals surface area contributed by atoms with E-state index < -0.39 is 12.0 Å². The molecule has 6 nitrogen and oxygen atoms in total. The van der Waals surface area contributed by atoms with Gasteiger partial charge in [-0.05, 0) is 47.5 Å². The number of para-hydroxylation sites is 2. The fourth-order valence-electron chi connectivity index (χ4n) is 5.44. The maximum Gasteiger partial charge on any atom is 0.230 e. The second-order valence-electron chi connectivity index (χ2n) is 9.99. The number of allylic oxidation sites excluding steroid dienone is 1. The number of hydrogen-bond donors (Lipinski definition) is 1. The molecule has 3 aromatic rings. The van der Waals surface area contributed by atoms with Crippen molar-refractivity contribution in [3.05, 3.63) is 95.4 Å². The molecule has 3 aromatic carbocycles. The minimum Gasteiger partial charge on any atom is -0.493 e. The molecule has 1 N–H and O–H groups in total. The SMILES string of the molecule is COc1ccc(C2C=C3Nc4ccccc4N(C(=O)C(C)C)C(c4ccc(F)cc4)C3C(=O)C2)cc1OC. The Labute approximate surface area is 222 Å². The number of ether oxygens (including phenoxy) is 2. The monoisotopic (exact) mass is 514 g/mol. The van der Waals surface area contributed by atoms with Crippen LogP contribution in [0.2, 0.25) is 0 Å². The second kappa shape index (κ2) is 10.3. The number of nitrogens with zero attached hydrogens (tertiary/aromatic N) is 1. The lowest BCUT2D eigenvalue weighted by Gasteiger charge is -2.38. The topological polar surface area (TPSA) is 67.9 Å². The van der Waals surface area contributed by atoms with Gasteiger partial charge in [-0.3, -0.25) is 9.59 Å². The number of carbonyl (C=O) groups excluding carboxylic acids is 2. The number of methoxy groups -OCH3 is 2. The number of hydrogen-bond acceptors (Lipinski definition) is 5. The van der Waals surface area contributed by atoms with E-state index >= 15 is 0 Å². The summed E-state index contributed by atoms with van der Waals surface area (Å²) in [5, 5.41) is 3.49. The Morgan fingerprint density at radius 3 is 2.34 bits per heavy atom. The van der Waals surface area contributed by atoms with Gasteiger partial charge < -0.3 is 19.7 Å². The van der Waals surface area contributed by atoms with Crippen LogP contribution in [-0.2, 0) is 9.59 Å². The van der Waals surface area contributed by atoms with Crippen LogP contribution in [0.1, 0.15) is 43.4 Å². The molecular weight excluding hydrogens is 483 g/mol. The van der Waals surface area contributed by atoms with Crippen LogP contribution in [-0.4, -0.2) is 25.9 Å². The smallest absolute Gasteiger partial charge is 0.230 e. The highest BCUT2D eigenvalue weighted by Gasteiger charge is 2.45. The van der Waals surface area contributed by atoms with Crippen molar-refractivity contribution in [2.45, 2.75) is 32.2 Å². The van der Waals surface area contributed by atoms with Gasteiger partial charge in [0.25, 0.3) is 0 Å². The molecule has 38 heavy (non-hydrogen) atoms. The van der Waals surface area contributed by atoms with Crippen molar-refractivity contribution < 1.29 is 23.5 Å². The number of halogens is 1. The summed E-state index contributed by atoms with van der Waals surface area (Å²) >= 11 is 0. The van der Waals surface area contributed by atoms with Crippen LogP contribution in [0.15, 0.2) is 78.5 Å². The van der Waals surface area contributed by atoms with Gasteiger partial charge in [0.05, 0.1) is 37.6 Å². The Morgan fingerprint density at radius 2 is 1.66 bits per heavy atom. The summed E-state index contributed by atoms with van der Waals surface area (Å²) in [6, 6.07) is 18.7. The summed E-state index contributed by atoms with van der Waals surface area (Å²) in [5.41, 5.74) is 3.78. The number of Topliss-reactive ketones (excluding diaryl/α,β-unsaturated/α-hetero) is 1. The predicted molar refractivity (Wildman–Crippen MR) is 145 cm³/mol. The molecule has 0 fully saturated rings. The number of rotatable bonds is 5. The molecule has 1 amide bonds. The molecule has 0 spiro atoms. The van der Waals surface area contributed by atoms with Gasteiger partial charge in [-0.15, -0.1) is 0 Å². The van der Waals surface area contributed by atoms with E-state index in [9.17, 15) is 14.0 Å². The highest BCUT2D eigenvalue weighted by atomic mass is 19.1. The Morgan fingerprint density at radius 1 is 0.974 bits per heavy atom. The summed E-state index contributed by atoms with van der Waals surface area (Å²) in [5.74, 6) is -0.430. The van der Waals surface area contributed by atoms with Crippen molar-refractivity contribution >= 4 is 23.1 Å². The van der Waals surface area contributed by atoms with Crippen LogP contribution in [0.4, 0.5) is 15.8 Å². The number of carbonyl (C=O) groups is 2. The number of ketones is 1. The molecular formula is C31H31FN2O4. The first-order valence-electron chi connectivity index (χ1n) is 12.7. The first kappa shape index (κ1) is 25.5. The zero-order chi connectivity index (χ0) is 27.0. The second-order valence-corrected chi connectivity index (χ2v) is 9.99. The van der Waals surface area contributed by atoms with Gasteiger partial charge in [-0.2, -0.15) is 0 Å². The van der Waals surface area contributed by atoms with Crippen molar-refractivity contribution in [3.8, 4) is 11.5 Å². The number of fused-ring (bicyclic) bond motifs is 2. The Bertz CT molecular complexity index is 1400. The highest BCUT2D eigenvalue weighted by Crippen LogP contribution is 2.48. The molecule has 3 atom stereocenters. The fraction of sp³-hybridized carbons (Fsp3) is 0.290. The van der Waals surface area contributed by atoms with E-state index in [1.54, 1.807) is 31.3 Å². The fourth-order valence-corrected chi connectivity index (χ4v) is 5.44. The van der Waals surface area contributed by atoms with Crippen LogP contribution >= 0.6 is 0 Å². The van der Waals surface area contributed by atoms with Crippen molar-refractivity contribution in [3.63, 3.8) is 0 Å². The molecule has 0 saturated heterocycles. The molecule has 2 aliphatic rings. The average Bonchev–Trinajstić information content (AvgIpc) is 3.07. The van der Waals surface area contributed by atoms with Crippen LogP contribution in [0.25, 0.3) is 0 Å². The van der Waals surface area contributed by atoms with E-state index in [0.29, 0.717) is 22.7 Å². The van der Waals surface area contributed by atoms with Gasteiger partial charge >= 0.3 is 0 Å². The van der Waals surface area contributed by atoms with E-state index in [-0.39, 0.29) is 35.8 Å². The van der Waals surface area contributed by atoms with Crippen LogP contribution in [0, 0.1) is 17.7 Å². The van der Waals surface area contributed by atoms with Crippen molar-refractivity contribution in [1.82, 2.24) is 0 Å². The zero-order valence-electron chi connectivity index (χ0n) is 21.9. The van der Waals surface area contributed by atoms with E-state index in [2.05, 4.69) is 11.4 Å². The molecule has 1 heterocycles. The predicted octanol–water partition coefficient (Wildman–Crippen LogP) is 6.26. The standard InChI is InChI=1S/C31H31FN2O4/c1-18(2)31(36)34-25-8-6-5-7-23(25)33-24-15-21(20-11-14-27(37-3)28(17-20)38-4)16-26(35)29(24)30(34)19-9-12-22(32)13-10-19/h5-15,17-18,21,29-30,33H,16H2,1-4H3. The lowest BCUT2D eigenvalue weighted by atomic mass is 9.76. The van der Waals surface area contributed by atoms with Crippen LogP contribution in [0.3, 0.4) is 0 Å². The van der Waals surface area contributed by atoms with E-state index in [1.165, 1.54) is 12.1 Å². The normalized spacial score (nSPS) is 20.6. The molecule has 0 aromatic heterocycles. The Balaban J connectivity index is 1.69. The summed E-state index contributed by atoms with van der Waals surface area (Å²) in [6.45, 7) is 3.69. The summed E-state index contributed by atoms with van der Waals surface area (Å²) in [7, 11) is 3.17. The summed E-state index contributed by atoms with van der Waals surface area (Å²) in [4.78, 5) is 29.5. The molecule has 5 rings (SSSR count). The van der Waals surface area contributed by atoms with Gasteiger partial charge in [-0.1, -0.05) is 50.3 Å². The molecule has 1 aliphatic carbocycles. The number of benzene rings is 3. The highest BCUT2D eigenvalue weighted by molar-refractivity contribution is 6.02. The molecule has 0 bridgehead atoms. The lowest BCUT2D eigenvalue weighted by Crippen LogP contribution is -2.44. The van der Waals surface area contributed by atoms with Crippen molar-refractivity contribution in [2.75, 3.05) is 24.4 Å². The first-order chi connectivity index (χ1) is 18.3.